The van der Waals surface area contributed by atoms with Crippen LogP contribution in [0.1, 0.15) is 11.1 Å². The number of halogens is 1. The molecule has 0 unspecified atom stereocenters. The van der Waals surface area contributed by atoms with Crippen molar-refractivity contribution in [3.05, 3.63) is 52.7 Å². The van der Waals surface area contributed by atoms with Crippen molar-refractivity contribution in [3.8, 4) is 5.75 Å². The predicted molar refractivity (Wildman–Crippen MR) is 77.2 cm³/mol. The van der Waals surface area contributed by atoms with Crippen LogP contribution >= 0.6 is 11.6 Å². The molecule has 1 amide bonds. The Kier molecular flexibility index (Phi) is 3.32. The summed E-state index contributed by atoms with van der Waals surface area (Å²) in [5.74, 6) is 1.05. The smallest absolute Gasteiger partial charge is 0.266 e. The van der Waals surface area contributed by atoms with Crippen LogP contribution in [0, 0.1) is 6.92 Å². The molecule has 20 heavy (non-hydrogen) atoms. The van der Waals surface area contributed by atoms with Crippen molar-refractivity contribution in [3.63, 3.8) is 0 Å². The van der Waals surface area contributed by atoms with E-state index in [0.29, 0.717) is 23.0 Å². The minimum absolute atomic E-state index is 0.199. The number of aryl methyl sites for hydroxylation is 1. The van der Waals surface area contributed by atoms with E-state index in [1.54, 1.807) is 18.3 Å². The number of amides is 1. The molecule has 0 fully saturated rings. The van der Waals surface area contributed by atoms with E-state index >= 15 is 0 Å². The Morgan fingerprint density at radius 2 is 2.25 bits per heavy atom. The summed E-state index contributed by atoms with van der Waals surface area (Å²) in [7, 11) is 0. The number of carbonyl (C=O) groups excluding carboxylic acids is 1. The van der Waals surface area contributed by atoms with E-state index < -0.39 is 6.10 Å². The Bertz CT molecular complexity index is 673. The zero-order valence-electron chi connectivity index (χ0n) is 10.9. The molecule has 1 aromatic carbocycles. The second-order valence-electron chi connectivity index (χ2n) is 4.77. The summed E-state index contributed by atoms with van der Waals surface area (Å²) in [6.07, 6.45) is 1.65. The highest BCUT2D eigenvalue weighted by Crippen LogP contribution is 2.31. The van der Waals surface area contributed by atoms with Crippen molar-refractivity contribution >= 4 is 23.3 Å². The number of nitrogens with one attached hydrogen (secondary N) is 1. The third-order valence-corrected chi connectivity index (χ3v) is 3.39. The van der Waals surface area contributed by atoms with Gasteiger partial charge in [0.1, 0.15) is 11.6 Å². The van der Waals surface area contributed by atoms with Crippen molar-refractivity contribution in [2.75, 3.05) is 5.32 Å². The molecule has 3 rings (SSSR count). The van der Waals surface area contributed by atoms with Crippen molar-refractivity contribution < 1.29 is 9.53 Å². The van der Waals surface area contributed by atoms with Gasteiger partial charge < -0.3 is 10.1 Å². The number of aromatic nitrogens is 1. The molecular formula is C15H13ClN2O2. The number of nitrogens with zero attached hydrogens (tertiary/aromatic N) is 1. The molecule has 1 aliphatic heterocycles. The van der Waals surface area contributed by atoms with E-state index in [9.17, 15) is 4.79 Å². The largest absolute Gasteiger partial charge is 0.480 e. The van der Waals surface area contributed by atoms with Crippen LogP contribution in [0.15, 0.2) is 36.5 Å². The predicted octanol–water partition coefficient (Wildman–Crippen LogP) is 2.99. The molecule has 2 heterocycles. The molecule has 5 heteroatoms. The van der Waals surface area contributed by atoms with Gasteiger partial charge in [0.25, 0.3) is 5.91 Å². The lowest BCUT2D eigenvalue weighted by molar-refractivity contribution is -0.122. The fourth-order valence-electron chi connectivity index (χ4n) is 2.17. The monoisotopic (exact) mass is 288 g/mol. The zero-order valence-corrected chi connectivity index (χ0v) is 11.6. The van der Waals surface area contributed by atoms with Gasteiger partial charge in [0.15, 0.2) is 6.10 Å². The van der Waals surface area contributed by atoms with Crippen molar-refractivity contribution in [2.24, 2.45) is 0 Å². The standard InChI is InChI=1S/C15H13ClN2O2/c1-9-4-5-17-14(6-9)18-15(19)13-8-10-7-11(16)2-3-12(10)20-13/h2-7,13H,8H2,1H3,(H,17,18,19)/t13-/m0/s1. The average molecular weight is 289 g/mol. The van der Waals surface area contributed by atoms with Crippen molar-refractivity contribution in [2.45, 2.75) is 19.4 Å². The molecule has 0 radical (unpaired) electrons. The molecule has 0 bridgehead atoms. The van der Waals surface area contributed by atoms with Gasteiger partial charge in [0.05, 0.1) is 0 Å². The maximum absolute atomic E-state index is 12.2. The van der Waals surface area contributed by atoms with Gasteiger partial charge in [-0.2, -0.15) is 0 Å². The van der Waals surface area contributed by atoms with Crippen LogP contribution in [0.4, 0.5) is 5.82 Å². The van der Waals surface area contributed by atoms with Gasteiger partial charge in [0, 0.05) is 17.6 Å². The molecular weight excluding hydrogens is 276 g/mol. The summed E-state index contributed by atoms with van der Waals surface area (Å²) in [5.41, 5.74) is 1.99. The van der Waals surface area contributed by atoms with E-state index in [2.05, 4.69) is 10.3 Å². The Morgan fingerprint density at radius 1 is 1.40 bits per heavy atom. The first-order valence-corrected chi connectivity index (χ1v) is 6.68. The number of carbonyl (C=O) groups is 1. The number of rotatable bonds is 2. The number of ether oxygens (including phenoxy) is 1. The van der Waals surface area contributed by atoms with Crippen molar-refractivity contribution in [1.29, 1.82) is 0 Å². The highest BCUT2D eigenvalue weighted by atomic mass is 35.5. The first-order chi connectivity index (χ1) is 9.61. The van der Waals surface area contributed by atoms with Gasteiger partial charge in [-0.1, -0.05) is 11.6 Å². The fraction of sp³-hybridized carbons (Fsp3) is 0.200. The number of fused-ring (bicyclic) bond motifs is 1. The molecule has 1 N–H and O–H groups in total. The molecule has 0 saturated carbocycles. The molecule has 1 aromatic heterocycles. The van der Waals surface area contributed by atoms with E-state index in [-0.39, 0.29) is 5.91 Å². The maximum atomic E-state index is 12.2. The number of pyridine rings is 1. The third-order valence-electron chi connectivity index (χ3n) is 3.16. The summed E-state index contributed by atoms with van der Waals surface area (Å²) in [6.45, 7) is 1.95. The number of hydrogen-bond donors (Lipinski definition) is 1. The summed E-state index contributed by atoms with van der Waals surface area (Å²) in [5, 5.41) is 3.41. The normalized spacial score (nSPS) is 16.4. The van der Waals surface area contributed by atoms with Crippen LogP contribution < -0.4 is 10.1 Å². The van der Waals surface area contributed by atoms with Crippen LogP contribution in [-0.2, 0) is 11.2 Å². The SMILES string of the molecule is Cc1ccnc(NC(=O)[C@@H]2Cc3cc(Cl)ccc3O2)c1. The van der Waals surface area contributed by atoms with Crippen LogP contribution in [-0.4, -0.2) is 17.0 Å². The highest BCUT2D eigenvalue weighted by molar-refractivity contribution is 6.30. The van der Waals surface area contributed by atoms with Gasteiger partial charge >= 0.3 is 0 Å². The average Bonchev–Trinajstić information content (AvgIpc) is 2.81. The molecule has 2 aromatic rings. The second-order valence-corrected chi connectivity index (χ2v) is 5.21. The van der Waals surface area contributed by atoms with Gasteiger partial charge in [-0.25, -0.2) is 4.98 Å². The van der Waals surface area contributed by atoms with Crippen LogP contribution in [0.2, 0.25) is 5.02 Å². The Balaban J connectivity index is 1.71. The number of hydrogen-bond acceptors (Lipinski definition) is 3. The van der Waals surface area contributed by atoms with Gasteiger partial charge in [-0.3, -0.25) is 4.79 Å². The molecule has 1 atom stereocenters. The molecule has 0 aliphatic carbocycles. The first kappa shape index (κ1) is 12.9. The van der Waals surface area contributed by atoms with Crippen LogP contribution in [0.25, 0.3) is 0 Å². The number of benzene rings is 1. The Labute approximate surface area is 121 Å². The third kappa shape index (κ3) is 2.60. The molecule has 0 saturated heterocycles. The maximum Gasteiger partial charge on any atom is 0.266 e. The minimum Gasteiger partial charge on any atom is -0.480 e. The fourth-order valence-corrected chi connectivity index (χ4v) is 2.37. The second kappa shape index (κ2) is 5.13. The van der Waals surface area contributed by atoms with E-state index in [0.717, 1.165) is 11.1 Å². The topological polar surface area (TPSA) is 51.2 Å². The Hall–Kier alpha value is -2.07. The summed E-state index contributed by atoms with van der Waals surface area (Å²) in [4.78, 5) is 16.3. The zero-order chi connectivity index (χ0) is 14.1. The summed E-state index contributed by atoms with van der Waals surface area (Å²) < 4.78 is 5.63. The van der Waals surface area contributed by atoms with E-state index in [1.165, 1.54) is 0 Å². The van der Waals surface area contributed by atoms with Gasteiger partial charge in [0.2, 0.25) is 0 Å². The van der Waals surface area contributed by atoms with Crippen molar-refractivity contribution in [1.82, 2.24) is 4.98 Å². The van der Waals surface area contributed by atoms with E-state index in [1.807, 2.05) is 25.1 Å². The van der Waals surface area contributed by atoms with Crippen LogP contribution in [0.3, 0.4) is 0 Å². The molecule has 0 spiro atoms. The Morgan fingerprint density at radius 3 is 3.05 bits per heavy atom. The summed E-state index contributed by atoms with van der Waals surface area (Å²) in [6, 6.07) is 9.06. The minimum atomic E-state index is -0.536. The quantitative estimate of drug-likeness (QED) is 0.924. The van der Waals surface area contributed by atoms with Gasteiger partial charge in [-0.05, 0) is 48.4 Å². The molecule has 4 nitrogen and oxygen atoms in total. The lowest BCUT2D eigenvalue weighted by Crippen LogP contribution is -2.31. The molecule has 1 aliphatic rings. The highest BCUT2D eigenvalue weighted by Gasteiger charge is 2.29. The van der Waals surface area contributed by atoms with E-state index in [4.69, 9.17) is 16.3 Å². The number of anilines is 1. The van der Waals surface area contributed by atoms with Gasteiger partial charge in [-0.15, -0.1) is 0 Å². The van der Waals surface area contributed by atoms with Crippen LogP contribution in [0.5, 0.6) is 5.75 Å². The molecule has 102 valence electrons. The first-order valence-electron chi connectivity index (χ1n) is 6.30. The summed E-state index contributed by atoms with van der Waals surface area (Å²) >= 11 is 5.93. The lowest BCUT2D eigenvalue weighted by Gasteiger charge is -2.11. The lowest BCUT2D eigenvalue weighted by atomic mass is 10.1.